The highest BCUT2D eigenvalue weighted by molar-refractivity contribution is 6.08. The van der Waals surface area contributed by atoms with Crippen LogP contribution in [0.3, 0.4) is 0 Å². The molecule has 4 rings (SSSR count). The number of para-hydroxylation sites is 1. The molecule has 28 heavy (non-hydrogen) atoms. The lowest BCUT2D eigenvalue weighted by molar-refractivity contribution is 0.0962. The molecular formula is C24H19NO3. The average Bonchev–Trinajstić information content (AvgIpc) is 3.03. The van der Waals surface area contributed by atoms with Crippen molar-refractivity contribution in [1.82, 2.24) is 4.57 Å². The van der Waals surface area contributed by atoms with Crippen LogP contribution in [0.25, 0.3) is 10.9 Å². The third-order valence-corrected chi connectivity index (χ3v) is 4.81. The Kier molecular flexibility index (Phi) is 4.77. The third kappa shape index (κ3) is 3.21. The van der Waals surface area contributed by atoms with E-state index in [1.165, 1.54) is 0 Å². The first-order chi connectivity index (χ1) is 13.7. The van der Waals surface area contributed by atoms with Gasteiger partial charge >= 0.3 is 0 Å². The van der Waals surface area contributed by atoms with Gasteiger partial charge in [-0.05, 0) is 36.8 Å². The van der Waals surface area contributed by atoms with Crippen molar-refractivity contribution in [2.45, 2.75) is 13.5 Å². The van der Waals surface area contributed by atoms with Crippen LogP contribution in [-0.2, 0) is 6.61 Å². The van der Waals surface area contributed by atoms with Gasteiger partial charge < -0.3 is 4.74 Å². The summed E-state index contributed by atoms with van der Waals surface area (Å²) < 4.78 is 7.44. The standard InChI is InChI=1S/C24H19NO3/c1-17-22(15-26)21-12-5-6-13-23(21)25(17)24(27)19-10-7-11-20(14-19)28-16-18-8-3-2-4-9-18/h2-15H,16H2,1H3. The minimum Gasteiger partial charge on any atom is -0.489 e. The molecule has 0 atom stereocenters. The quantitative estimate of drug-likeness (QED) is 0.464. The summed E-state index contributed by atoms with van der Waals surface area (Å²) in [7, 11) is 0. The predicted molar refractivity (Wildman–Crippen MR) is 109 cm³/mol. The number of hydrogen-bond donors (Lipinski definition) is 0. The highest BCUT2D eigenvalue weighted by Gasteiger charge is 2.19. The third-order valence-electron chi connectivity index (χ3n) is 4.81. The fourth-order valence-electron chi connectivity index (χ4n) is 3.39. The van der Waals surface area contributed by atoms with Crippen molar-refractivity contribution in [3.63, 3.8) is 0 Å². The molecule has 0 radical (unpaired) electrons. The summed E-state index contributed by atoms with van der Waals surface area (Å²) in [6, 6.07) is 24.4. The fraction of sp³-hybridized carbons (Fsp3) is 0.0833. The molecule has 0 saturated heterocycles. The maximum absolute atomic E-state index is 13.2. The second-order valence-electron chi connectivity index (χ2n) is 6.58. The van der Waals surface area contributed by atoms with E-state index in [0.29, 0.717) is 29.2 Å². The molecule has 0 N–H and O–H groups in total. The van der Waals surface area contributed by atoms with Crippen LogP contribution in [0.4, 0.5) is 0 Å². The van der Waals surface area contributed by atoms with Crippen molar-refractivity contribution in [1.29, 1.82) is 0 Å². The molecular weight excluding hydrogens is 350 g/mol. The molecule has 0 unspecified atom stereocenters. The Hall–Kier alpha value is -3.66. The Balaban J connectivity index is 1.67. The first-order valence-electron chi connectivity index (χ1n) is 9.06. The van der Waals surface area contributed by atoms with Gasteiger partial charge in [0.2, 0.25) is 0 Å². The summed E-state index contributed by atoms with van der Waals surface area (Å²) in [6.45, 7) is 2.22. The van der Waals surface area contributed by atoms with Crippen LogP contribution in [0.15, 0.2) is 78.9 Å². The lowest BCUT2D eigenvalue weighted by Crippen LogP contribution is -2.13. The molecule has 4 aromatic rings. The number of rotatable bonds is 5. The highest BCUT2D eigenvalue weighted by atomic mass is 16.5. The van der Waals surface area contributed by atoms with Crippen molar-refractivity contribution in [3.8, 4) is 5.75 Å². The molecule has 4 nitrogen and oxygen atoms in total. The second-order valence-corrected chi connectivity index (χ2v) is 6.58. The molecule has 1 heterocycles. The van der Waals surface area contributed by atoms with Gasteiger partial charge in [0.1, 0.15) is 12.4 Å². The van der Waals surface area contributed by atoms with Crippen LogP contribution < -0.4 is 4.74 Å². The fourth-order valence-corrected chi connectivity index (χ4v) is 3.39. The number of aldehydes is 1. The predicted octanol–water partition coefficient (Wildman–Crippen LogP) is 5.03. The van der Waals surface area contributed by atoms with Crippen LogP contribution in [0.1, 0.15) is 32.0 Å². The lowest BCUT2D eigenvalue weighted by atomic mass is 10.1. The molecule has 0 amide bonds. The first kappa shape index (κ1) is 17.7. The van der Waals surface area contributed by atoms with Crippen LogP contribution in [0, 0.1) is 6.92 Å². The van der Waals surface area contributed by atoms with E-state index in [9.17, 15) is 9.59 Å². The van der Waals surface area contributed by atoms with E-state index in [0.717, 1.165) is 22.8 Å². The molecule has 1 aromatic heterocycles. The Bertz CT molecular complexity index is 1160. The van der Waals surface area contributed by atoms with Gasteiger partial charge in [-0.1, -0.05) is 54.6 Å². The summed E-state index contributed by atoms with van der Waals surface area (Å²) >= 11 is 0. The monoisotopic (exact) mass is 369 g/mol. The van der Waals surface area contributed by atoms with Gasteiger partial charge in [0.25, 0.3) is 5.91 Å². The van der Waals surface area contributed by atoms with Gasteiger partial charge in [-0.15, -0.1) is 0 Å². The van der Waals surface area contributed by atoms with Crippen molar-refractivity contribution in [2.24, 2.45) is 0 Å². The second kappa shape index (κ2) is 7.53. The smallest absolute Gasteiger partial charge is 0.262 e. The summed E-state index contributed by atoms with van der Waals surface area (Å²) in [6.07, 6.45) is 0.806. The van der Waals surface area contributed by atoms with Gasteiger partial charge in [0.15, 0.2) is 6.29 Å². The molecule has 0 bridgehead atoms. The molecule has 0 fully saturated rings. The Morgan fingerprint density at radius 2 is 1.71 bits per heavy atom. The molecule has 0 aliphatic rings. The number of hydrogen-bond acceptors (Lipinski definition) is 3. The van der Waals surface area contributed by atoms with Gasteiger partial charge in [-0.2, -0.15) is 0 Å². The van der Waals surface area contributed by atoms with Crippen LogP contribution in [0.2, 0.25) is 0 Å². The van der Waals surface area contributed by atoms with Gasteiger partial charge in [-0.3, -0.25) is 14.2 Å². The van der Waals surface area contributed by atoms with E-state index in [-0.39, 0.29) is 5.91 Å². The molecule has 0 aliphatic heterocycles. The van der Waals surface area contributed by atoms with E-state index < -0.39 is 0 Å². The van der Waals surface area contributed by atoms with E-state index in [1.807, 2.05) is 60.7 Å². The number of aromatic nitrogens is 1. The number of fused-ring (bicyclic) bond motifs is 1. The average molecular weight is 369 g/mol. The first-order valence-corrected chi connectivity index (χ1v) is 9.06. The Morgan fingerprint density at radius 3 is 2.50 bits per heavy atom. The van der Waals surface area contributed by atoms with Gasteiger partial charge in [-0.25, -0.2) is 0 Å². The Labute approximate surface area is 163 Å². The van der Waals surface area contributed by atoms with Crippen LogP contribution >= 0.6 is 0 Å². The Morgan fingerprint density at radius 1 is 0.964 bits per heavy atom. The lowest BCUT2D eigenvalue weighted by Gasteiger charge is -2.10. The number of carbonyl (C=O) groups excluding carboxylic acids is 2. The van der Waals surface area contributed by atoms with E-state index in [4.69, 9.17) is 4.74 Å². The topological polar surface area (TPSA) is 48.3 Å². The summed E-state index contributed by atoms with van der Waals surface area (Å²) in [5, 5.41) is 0.778. The van der Waals surface area contributed by atoms with E-state index >= 15 is 0 Å². The van der Waals surface area contributed by atoms with Crippen molar-refractivity contribution < 1.29 is 14.3 Å². The number of carbonyl (C=O) groups is 2. The van der Waals surface area contributed by atoms with Crippen molar-refractivity contribution in [3.05, 3.63) is 101 Å². The van der Waals surface area contributed by atoms with Crippen LogP contribution in [0.5, 0.6) is 5.75 Å². The highest BCUT2D eigenvalue weighted by Crippen LogP contribution is 2.26. The number of nitrogens with zero attached hydrogens (tertiary/aromatic N) is 1. The molecule has 3 aromatic carbocycles. The zero-order valence-corrected chi connectivity index (χ0v) is 15.5. The molecule has 4 heteroatoms. The van der Waals surface area contributed by atoms with Crippen LogP contribution in [-0.4, -0.2) is 16.8 Å². The maximum Gasteiger partial charge on any atom is 0.262 e. The normalized spacial score (nSPS) is 10.8. The minimum absolute atomic E-state index is 0.188. The zero-order chi connectivity index (χ0) is 19.5. The zero-order valence-electron chi connectivity index (χ0n) is 15.5. The van der Waals surface area contributed by atoms with E-state index in [1.54, 1.807) is 29.7 Å². The number of ether oxygens (including phenoxy) is 1. The summed E-state index contributed by atoms with van der Waals surface area (Å²) in [5.41, 5.74) is 3.47. The van der Waals surface area contributed by atoms with Gasteiger partial charge in [0.05, 0.1) is 5.52 Å². The summed E-state index contributed by atoms with van der Waals surface area (Å²) in [5.74, 6) is 0.436. The SMILES string of the molecule is Cc1c(C=O)c2ccccc2n1C(=O)c1cccc(OCc2ccccc2)c1. The van der Waals surface area contributed by atoms with Crippen molar-refractivity contribution in [2.75, 3.05) is 0 Å². The number of benzene rings is 3. The molecule has 0 saturated carbocycles. The summed E-state index contributed by atoms with van der Waals surface area (Å²) in [4.78, 5) is 24.8. The largest absolute Gasteiger partial charge is 0.489 e. The minimum atomic E-state index is -0.188. The van der Waals surface area contributed by atoms with Crippen molar-refractivity contribution >= 4 is 23.1 Å². The molecule has 138 valence electrons. The van der Waals surface area contributed by atoms with Gasteiger partial charge in [0, 0.05) is 22.2 Å². The molecule has 0 spiro atoms. The van der Waals surface area contributed by atoms with E-state index in [2.05, 4.69) is 0 Å². The molecule has 0 aliphatic carbocycles. The maximum atomic E-state index is 13.2.